The van der Waals surface area contributed by atoms with E-state index in [0.29, 0.717) is 11.3 Å². The molecule has 0 radical (unpaired) electrons. The van der Waals surface area contributed by atoms with E-state index < -0.39 is 35.3 Å². The van der Waals surface area contributed by atoms with Crippen molar-refractivity contribution in [1.29, 1.82) is 0 Å². The van der Waals surface area contributed by atoms with Gasteiger partial charge in [0.2, 0.25) is 0 Å². The molecule has 2 aromatic carbocycles. The van der Waals surface area contributed by atoms with E-state index in [0.717, 1.165) is 0 Å². The molecule has 1 N–H and O–H groups in total. The number of nitro groups is 1. The lowest BCUT2D eigenvalue weighted by Gasteiger charge is -2.40. The van der Waals surface area contributed by atoms with Gasteiger partial charge in [-0.05, 0) is 23.6 Å². The highest BCUT2D eigenvalue weighted by Gasteiger charge is 2.41. The summed E-state index contributed by atoms with van der Waals surface area (Å²) in [6, 6.07) is 12.9. The molecule has 1 atom stereocenters. The fourth-order valence-corrected chi connectivity index (χ4v) is 3.48. The molecule has 1 heterocycles. The van der Waals surface area contributed by atoms with Crippen LogP contribution in [0, 0.1) is 16.0 Å². The first-order valence-electron chi connectivity index (χ1n) is 9.58. The summed E-state index contributed by atoms with van der Waals surface area (Å²) < 4.78 is 0. The molecule has 0 spiro atoms. The van der Waals surface area contributed by atoms with Crippen LogP contribution in [-0.2, 0) is 9.59 Å². The largest absolute Gasteiger partial charge is 0.480 e. The standard InChI is InChI=1S/C22H21N3O6/c1-14(2)20-22(29)23(13-19(26)27)18(15-6-4-3-5-7-15)12-24(20)21(28)16-8-10-17(11-9-16)25(30)31/h3-12,14,20H,13H2,1-2H3,(H,26,27)/t20-/m0/s1. The third kappa shape index (κ3) is 4.45. The number of hydrogen-bond acceptors (Lipinski definition) is 5. The van der Waals surface area contributed by atoms with Crippen molar-refractivity contribution in [2.75, 3.05) is 6.54 Å². The van der Waals surface area contributed by atoms with Gasteiger partial charge in [-0.3, -0.25) is 29.4 Å². The molecule has 1 aliphatic heterocycles. The van der Waals surface area contributed by atoms with Gasteiger partial charge in [0.15, 0.2) is 0 Å². The second kappa shape index (κ2) is 8.78. The van der Waals surface area contributed by atoms with Crippen molar-refractivity contribution in [2.45, 2.75) is 19.9 Å². The predicted molar refractivity (Wildman–Crippen MR) is 112 cm³/mol. The van der Waals surface area contributed by atoms with E-state index in [9.17, 15) is 29.6 Å². The third-order valence-corrected chi connectivity index (χ3v) is 4.92. The van der Waals surface area contributed by atoms with E-state index in [-0.39, 0.29) is 17.2 Å². The normalized spacial score (nSPS) is 16.3. The number of carbonyl (C=O) groups excluding carboxylic acids is 2. The molecule has 9 heteroatoms. The van der Waals surface area contributed by atoms with Crippen LogP contribution in [0.15, 0.2) is 60.8 Å². The van der Waals surface area contributed by atoms with Crippen molar-refractivity contribution in [2.24, 2.45) is 5.92 Å². The van der Waals surface area contributed by atoms with Crippen LogP contribution < -0.4 is 0 Å². The summed E-state index contributed by atoms with van der Waals surface area (Å²) >= 11 is 0. The number of carboxylic acids is 1. The minimum Gasteiger partial charge on any atom is -0.480 e. The average molecular weight is 423 g/mol. The van der Waals surface area contributed by atoms with Crippen molar-refractivity contribution in [1.82, 2.24) is 9.80 Å². The quantitative estimate of drug-likeness (QED) is 0.563. The number of carbonyl (C=O) groups is 3. The van der Waals surface area contributed by atoms with Gasteiger partial charge in [0, 0.05) is 23.9 Å². The van der Waals surface area contributed by atoms with Gasteiger partial charge in [-0.2, -0.15) is 0 Å². The number of non-ortho nitro benzene ring substituents is 1. The predicted octanol–water partition coefficient (Wildman–Crippen LogP) is 2.99. The minimum atomic E-state index is -1.17. The van der Waals surface area contributed by atoms with Crippen LogP contribution in [0.2, 0.25) is 0 Å². The second-order valence-corrected chi connectivity index (χ2v) is 7.40. The molecule has 0 unspecified atom stereocenters. The van der Waals surface area contributed by atoms with Crippen LogP contribution in [0.4, 0.5) is 5.69 Å². The number of amides is 2. The van der Waals surface area contributed by atoms with E-state index in [4.69, 9.17) is 0 Å². The summed E-state index contributed by atoms with van der Waals surface area (Å²) in [5.74, 6) is -2.49. The van der Waals surface area contributed by atoms with E-state index in [1.165, 1.54) is 40.3 Å². The van der Waals surface area contributed by atoms with Crippen molar-refractivity contribution in [3.8, 4) is 0 Å². The Balaban J connectivity index is 2.11. The molecule has 0 fully saturated rings. The maximum Gasteiger partial charge on any atom is 0.323 e. The summed E-state index contributed by atoms with van der Waals surface area (Å²) in [5, 5.41) is 20.2. The lowest BCUT2D eigenvalue weighted by atomic mass is 9.96. The Bertz CT molecular complexity index is 1050. The molecule has 31 heavy (non-hydrogen) atoms. The Morgan fingerprint density at radius 3 is 2.23 bits per heavy atom. The molecule has 0 aromatic heterocycles. The maximum atomic E-state index is 13.3. The Labute approximate surface area is 178 Å². The van der Waals surface area contributed by atoms with Gasteiger partial charge in [0.25, 0.3) is 17.5 Å². The average Bonchev–Trinajstić information content (AvgIpc) is 2.74. The van der Waals surface area contributed by atoms with Crippen molar-refractivity contribution < 1.29 is 24.4 Å². The van der Waals surface area contributed by atoms with E-state index >= 15 is 0 Å². The molecule has 0 saturated carbocycles. The highest BCUT2D eigenvalue weighted by atomic mass is 16.6. The molecule has 0 saturated heterocycles. The van der Waals surface area contributed by atoms with Gasteiger partial charge < -0.3 is 10.0 Å². The first-order chi connectivity index (χ1) is 14.7. The van der Waals surface area contributed by atoms with E-state index in [2.05, 4.69) is 0 Å². The fourth-order valence-electron chi connectivity index (χ4n) is 3.48. The second-order valence-electron chi connectivity index (χ2n) is 7.40. The summed E-state index contributed by atoms with van der Waals surface area (Å²) in [6.07, 6.45) is 1.48. The van der Waals surface area contributed by atoms with Crippen LogP contribution >= 0.6 is 0 Å². The molecular weight excluding hydrogens is 402 g/mol. The summed E-state index contributed by atoms with van der Waals surface area (Å²) in [6.45, 7) is 2.99. The van der Waals surface area contributed by atoms with Crippen molar-refractivity contribution in [3.63, 3.8) is 0 Å². The highest BCUT2D eigenvalue weighted by molar-refractivity contribution is 6.03. The maximum absolute atomic E-state index is 13.3. The Morgan fingerprint density at radius 1 is 1.10 bits per heavy atom. The lowest BCUT2D eigenvalue weighted by Crippen LogP contribution is -2.55. The molecule has 160 valence electrons. The number of carboxylic acid groups (broad SMARTS) is 1. The number of hydrogen-bond donors (Lipinski definition) is 1. The van der Waals surface area contributed by atoms with E-state index in [1.54, 1.807) is 44.2 Å². The molecule has 2 aromatic rings. The van der Waals surface area contributed by atoms with Gasteiger partial charge in [-0.1, -0.05) is 44.2 Å². The summed E-state index contributed by atoms with van der Waals surface area (Å²) in [7, 11) is 0. The van der Waals surface area contributed by atoms with Crippen LogP contribution in [0.3, 0.4) is 0 Å². The van der Waals surface area contributed by atoms with Gasteiger partial charge in [-0.15, -0.1) is 0 Å². The molecule has 3 rings (SSSR count). The number of nitro benzene ring substituents is 1. The van der Waals surface area contributed by atoms with Crippen molar-refractivity contribution in [3.05, 3.63) is 82.0 Å². The Kier molecular flexibility index (Phi) is 6.15. The lowest BCUT2D eigenvalue weighted by molar-refractivity contribution is -0.384. The van der Waals surface area contributed by atoms with E-state index in [1.807, 2.05) is 0 Å². The van der Waals surface area contributed by atoms with Crippen LogP contribution in [0.1, 0.15) is 29.8 Å². The topological polar surface area (TPSA) is 121 Å². The molecule has 1 aliphatic rings. The summed E-state index contributed by atoms with van der Waals surface area (Å²) in [4.78, 5) is 50.8. The van der Waals surface area contributed by atoms with Gasteiger partial charge >= 0.3 is 5.97 Å². The SMILES string of the molecule is CC(C)[C@H]1C(=O)N(CC(=O)O)C(c2ccccc2)=CN1C(=O)c1ccc([N+](=O)[O-])cc1. The molecule has 2 amide bonds. The first-order valence-corrected chi connectivity index (χ1v) is 9.58. The summed E-state index contributed by atoms with van der Waals surface area (Å²) in [5.41, 5.74) is 0.903. The number of aliphatic carboxylic acids is 1. The van der Waals surface area contributed by atoms with Gasteiger partial charge in [-0.25, -0.2) is 0 Å². The first kappa shape index (κ1) is 21.7. The van der Waals surface area contributed by atoms with Crippen molar-refractivity contribution >= 4 is 29.2 Å². The molecule has 9 nitrogen and oxygen atoms in total. The number of rotatable bonds is 6. The van der Waals surface area contributed by atoms with Gasteiger partial charge in [0.1, 0.15) is 12.6 Å². The highest BCUT2D eigenvalue weighted by Crippen LogP contribution is 2.31. The van der Waals surface area contributed by atoms with Crippen LogP contribution in [0.25, 0.3) is 5.70 Å². The van der Waals surface area contributed by atoms with Gasteiger partial charge in [0.05, 0.1) is 10.6 Å². The molecule has 0 bridgehead atoms. The fraction of sp³-hybridized carbons (Fsp3) is 0.227. The minimum absolute atomic E-state index is 0.153. The third-order valence-electron chi connectivity index (χ3n) is 4.92. The number of benzene rings is 2. The molecular formula is C22H21N3O6. The molecule has 0 aliphatic carbocycles. The Morgan fingerprint density at radius 2 is 1.71 bits per heavy atom. The zero-order valence-corrected chi connectivity index (χ0v) is 17.0. The Hall–Kier alpha value is -4.01. The zero-order chi connectivity index (χ0) is 22.7. The van der Waals surface area contributed by atoms with Crippen LogP contribution in [-0.4, -0.2) is 50.2 Å². The smallest absolute Gasteiger partial charge is 0.323 e. The van der Waals surface area contributed by atoms with Crippen LogP contribution in [0.5, 0.6) is 0 Å². The zero-order valence-electron chi connectivity index (χ0n) is 17.0. The monoisotopic (exact) mass is 423 g/mol. The number of nitrogens with zero attached hydrogens (tertiary/aromatic N) is 3.